The second-order valence-electron chi connectivity index (χ2n) is 6.40. The number of carboxylic acid groups (broad SMARTS) is 1. The maximum absolute atomic E-state index is 12.2. The average Bonchev–Trinajstić information content (AvgIpc) is 2.47. The summed E-state index contributed by atoms with van der Waals surface area (Å²) in [5.41, 5.74) is 1.53. The fourth-order valence-electron chi connectivity index (χ4n) is 2.40. The Kier molecular flexibility index (Phi) is 3.70. The number of rotatable bonds is 2. The second kappa shape index (κ2) is 5.15. The lowest BCUT2D eigenvalue weighted by molar-refractivity contribution is -0.120. The first-order chi connectivity index (χ1) is 9.26. The molecule has 108 valence electrons. The van der Waals surface area contributed by atoms with E-state index in [0.717, 1.165) is 12.1 Å². The van der Waals surface area contributed by atoms with Crippen LogP contribution in [0.2, 0.25) is 0 Å². The van der Waals surface area contributed by atoms with Gasteiger partial charge in [0.05, 0.1) is 22.9 Å². The highest BCUT2D eigenvalue weighted by atomic mass is 16.4. The molecular formula is C15H20N2O3. The molecule has 1 unspecified atom stereocenters. The molecule has 0 spiro atoms. The third kappa shape index (κ3) is 3.29. The normalized spacial score (nSPS) is 18.6. The quantitative estimate of drug-likeness (QED) is 0.776. The molecule has 1 heterocycles. The van der Waals surface area contributed by atoms with E-state index in [1.807, 2.05) is 0 Å². The number of fused-ring (bicyclic) bond motifs is 1. The van der Waals surface area contributed by atoms with Gasteiger partial charge < -0.3 is 15.7 Å². The topological polar surface area (TPSA) is 78.4 Å². The van der Waals surface area contributed by atoms with Gasteiger partial charge >= 0.3 is 5.97 Å². The van der Waals surface area contributed by atoms with Gasteiger partial charge in [0.2, 0.25) is 5.91 Å². The number of carbonyl (C=O) groups is 2. The van der Waals surface area contributed by atoms with E-state index in [1.165, 1.54) is 12.1 Å². The predicted molar refractivity (Wildman–Crippen MR) is 78.1 cm³/mol. The molecule has 1 aromatic rings. The second-order valence-corrected chi connectivity index (χ2v) is 6.40. The van der Waals surface area contributed by atoms with Crippen molar-refractivity contribution in [3.05, 3.63) is 23.8 Å². The number of nitrogens with one attached hydrogen (secondary N) is 2. The van der Waals surface area contributed by atoms with Crippen molar-refractivity contribution in [2.45, 2.75) is 27.2 Å². The van der Waals surface area contributed by atoms with E-state index in [9.17, 15) is 9.59 Å². The summed E-state index contributed by atoms with van der Waals surface area (Å²) in [6.07, 6.45) is 0.769. The lowest BCUT2D eigenvalue weighted by atomic mass is 9.84. The number of carbonyl (C=O) groups excluding carboxylic acids is 1. The van der Waals surface area contributed by atoms with Crippen molar-refractivity contribution < 1.29 is 14.7 Å². The van der Waals surface area contributed by atoms with Crippen molar-refractivity contribution in [3.8, 4) is 0 Å². The van der Waals surface area contributed by atoms with Gasteiger partial charge in [0.15, 0.2) is 0 Å². The van der Waals surface area contributed by atoms with E-state index in [-0.39, 0.29) is 22.8 Å². The van der Waals surface area contributed by atoms with Gasteiger partial charge in [-0.05, 0) is 30.0 Å². The van der Waals surface area contributed by atoms with Crippen LogP contribution in [0.25, 0.3) is 0 Å². The smallest absolute Gasteiger partial charge is 0.335 e. The van der Waals surface area contributed by atoms with Crippen LogP contribution < -0.4 is 10.6 Å². The molecule has 0 bridgehead atoms. The Morgan fingerprint density at radius 1 is 1.35 bits per heavy atom. The molecule has 1 atom stereocenters. The van der Waals surface area contributed by atoms with Gasteiger partial charge in [-0.3, -0.25) is 4.79 Å². The van der Waals surface area contributed by atoms with E-state index in [2.05, 4.69) is 31.4 Å². The van der Waals surface area contributed by atoms with E-state index in [0.29, 0.717) is 12.2 Å². The third-order valence-electron chi connectivity index (χ3n) is 3.29. The number of carboxylic acids is 1. The fraction of sp³-hybridized carbons (Fsp3) is 0.467. The minimum atomic E-state index is -1.00. The maximum Gasteiger partial charge on any atom is 0.335 e. The minimum absolute atomic E-state index is 0.0614. The summed E-state index contributed by atoms with van der Waals surface area (Å²) in [6, 6.07) is 4.71. The van der Waals surface area contributed by atoms with Gasteiger partial charge in [-0.2, -0.15) is 0 Å². The maximum atomic E-state index is 12.2. The molecule has 5 heteroatoms. The Hall–Kier alpha value is -2.04. The monoisotopic (exact) mass is 276 g/mol. The molecule has 3 N–H and O–H groups in total. The number of hydrogen-bond donors (Lipinski definition) is 3. The van der Waals surface area contributed by atoms with Gasteiger partial charge in [-0.1, -0.05) is 20.8 Å². The molecular weight excluding hydrogens is 256 g/mol. The van der Waals surface area contributed by atoms with Crippen molar-refractivity contribution in [3.63, 3.8) is 0 Å². The van der Waals surface area contributed by atoms with Crippen molar-refractivity contribution in [2.75, 3.05) is 17.2 Å². The first-order valence-electron chi connectivity index (χ1n) is 6.68. The molecule has 0 aromatic heterocycles. The zero-order valence-corrected chi connectivity index (χ0v) is 12.0. The number of aromatic carboxylic acids is 1. The highest BCUT2D eigenvalue weighted by Crippen LogP contribution is 2.31. The predicted octanol–water partition coefficient (Wildman–Crippen LogP) is 2.80. The van der Waals surface area contributed by atoms with Gasteiger partial charge in [0.1, 0.15) is 0 Å². The molecule has 0 saturated carbocycles. The largest absolute Gasteiger partial charge is 0.478 e. The van der Waals surface area contributed by atoms with Crippen molar-refractivity contribution in [1.29, 1.82) is 0 Å². The summed E-state index contributed by atoms with van der Waals surface area (Å²) < 4.78 is 0. The fourth-order valence-corrected chi connectivity index (χ4v) is 2.40. The van der Waals surface area contributed by atoms with Crippen LogP contribution in [0, 0.1) is 11.3 Å². The van der Waals surface area contributed by atoms with Crippen LogP contribution in [0.4, 0.5) is 11.4 Å². The third-order valence-corrected chi connectivity index (χ3v) is 3.29. The van der Waals surface area contributed by atoms with Gasteiger partial charge in [0.25, 0.3) is 0 Å². The molecule has 2 rings (SSSR count). The first kappa shape index (κ1) is 14.4. The molecule has 1 aromatic carbocycles. The molecule has 0 aliphatic carbocycles. The SMILES string of the molecule is CC(C)(C)CC1CNc2ccc(C(=O)O)cc2NC1=O. The number of benzene rings is 1. The number of hydrogen-bond acceptors (Lipinski definition) is 3. The van der Waals surface area contributed by atoms with Crippen LogP contribution >= 0.6 is 0 Å². The summed E-state index contributed by atoms with van der Waals surface area (Å²) in [4.78, 5) is 23.2. The Balaban J connectivity index is 2.23. The molecule has 0 saturated heterocycles. The highest BCUT2D eigenvalue weighted by molar-refractivity contribution is 5.99. The number of amides is 1. The van der Waals surface area contributed by atoms with Crippen molar-refractivity contribution in [1.82, 2.24) is 0 Å². The molecule has 1 aliphatic heterocycles. The average molecular weight is 276 g/mol. The van der Waals surface area contributed by atoms with Crippen LogP contribution in [-0.4, -0.2) is 23.5 Å². The molecule has 20 heavy (non-hydrogen) atoms. The molecule has 0 radical (unpaired) electrons. The zero-order valence-electron chi connectivity index (χ0n) is 12.0. The van der Waals surface area contributed by atoms with Crippen LogP contribution in [0.5, 0.6) is 0 Å². The van der Waals surface area contributed by atoms with E-state index in [1.54, 1.807) is 6.07 Å². The lowest BCUT2D eigenvalue weighted by Gasteiger charge is -2.23. The Labute approximate surface area is 118 Å². The van der Waals surface area contributed by atoms with Crippen LogP contribution in [-0.2, 0) is 4.79 Å². The summed E-state index contributed by atoms with van der Waals surface area (Å²) in [7, 11) is 0. The number of anilines is 2. The van der Waals surface area contributed by atoms with Crippen molar-refractivity contribution in [2.24, 2.45) is 11.3 Å². The Morgan fingerprint density at radius 2 is 2.05 bits per heavy atom. The molecule has 0 fully saturated rings. The standard InChI is InChI=1S/C15H20N2O3/c1-15(2,3)7-10-8-16-11-5-4-9(14(19)20)6-12(11)17-13(10)18/h4-6,10,16H,7-8H2,1-3H3,(H,17,18)(H,19,20). The Bertz CT molecular complexity index is 547. The van der Waals surface area contributed by atoms with E-state index in [4.69, 9.17) is 5.11 Å². The van der Waals surface area contributed by atoms with Crippen molar-refractivity contribution >= 4 is 23.3 Å². The van der Waals surface area contributed by atoms with Gasteiger partial charge in [-0.15, -0.1) is 0 Å². The highest BCUT2D eigenvalue weighted by Gasteiger charge is 2.28. The summed E-state index contributed by atoms with van der Waals surface area (Å²) in [5.74, 6) is -1.19. The van der Waals surface area contributed by atoms with Crippen LogP contribution in [0.1, 0.15) is 37.6 Å². The minimum Gasteiger partial charge on any atom is -0.478 e. The summed E-state index contributed by atoms with van der Waals surface area (Å²) >= 11 is 0. The van der Waals surface area contributed by atoms with Crippen LogP contribution in [0.15, 0.2) is 18.2 Å². The van der Waals surface area contributed by atoms with E-state index < -0.39 is 5.97 Å². The van der Waals surface area contributed by atoms with Gasteiger partial charge in [0, 0.05) is 6.54 Å². The summed E-state index contributed by atoms with van der Waals surface area (Å²) in [6.45, 7) is 6.85. The van der Waals surface area contributed by atoms with Gasteiger partial charge in [-0.25, -0.2) is 4.79 Å². The molecule has 5 nitrogen and oxygen atoms in total. The Morgan fingerprint density at radius 3 is 2.65 bits per heavy atom. The van der Waals surface area contributed by atoms with Crippen LogP contribution in [0.3, 0.4) is 0 Å². The molecule has 1 aliphatic rings. The zero-order chi connectivity index (χ0) is 14.9. The van der Waals surface area contributed by atoms with E-state index >= 15 is 0 Å². The summed E-state index contributed by atoms with van der Waals surface area (Å²) in [5, 5.41) is 15.0. The lowest BCUT2D eigenvalue weighted by Crippen LogP contribution is -2.29. The first-order valence-corrected chi connectivity index (χ1v) is 6.68. The molecule has 1 amide bonds.